The van der Waals surface area contributed by atoms with Gasteiger partial charge in [0.15, 0.2) is 0 Å². The highest BCUT2D eigenvalue weighted by Gasteiger charge is 2.18. The van der Waals surface area contributed by atoms with E-state index < -0.39 is 17.9 Å². The minimum atomic E-state index is -1.05. The van der Waals surface area contributed by atoms with E-state index in [0.717, 1.165) is 0 Å². The molecule has 17 heavy (non-hydrogen) atoms. The number of hydrogen-bond acceptors (Lipinski definition) is 2. The quantitative estimate of drug-likeness (QED) is 0.896. The summed E-state index contributed by atoms with van der Waals surface area (Å²) in [7, 11) is 0. The lowest BCUT2D eigenvalue weighted by Crippen LogP contribution is -2.40. The molecule has 0 fully saturated rings. The second-order valence-corrected chi connectivity index (χ2v) is 4.78. The molecule has 92 valence electrons. The van der Waals surface area contributed by atoms with Gasteiger partial charge in [-0.3, -0.25) is 4.79 Å². The van der Waals surface area contributed by atoms with E-state index in [1.54, 1.807) is 19.1 Å². The van der Waals surface area contributed by atoms with Gasteiger partial charge in [-0.25, -0.2) is 4.79 Å². The Morgan fingerprint density at radius 2 is 2.12 bits per heavy atom. The van der Waals surface area contributed by atoms with E-state index in [0.29, 0.717) is 21.5 Å². The number of carbonyl (C=O) groups is 2. The lowest BCUT2D eigenvalue weighted by atomic mass is 10.1. The van der Waals surface area contributed by atoms with Crippen LogP contribution in [-0.2, 0) is 4.79 Å². The van der Waals surface area contributed by atoms with Crippen molar-refractivity contribution in [3.8, 4) is 0 Å². The molecule has 0 aliphatic rings. The van der Waals surface area contributed by atoms with Crippen molar-refractivity contribution in [1.82, 2.24) is 5.32 Å². The minimum Gasteiger partial charge on any atom is -0.480 e. The van der Waals surface area contributed by atoms with E-state index in [2.05, 4.69) is 21.2 Å². The molecule has 6 heteroatoms. The number of carboxylic acids is 1. The van der Waals surface area contributed by atoms with Crippen LogP contribution in [0.2, 0.25) is 5.02 Å². The zero-order valence-corrected chi connectivity index (χ0v) is 11.4. The fraction of sp³-hybridized carbons (Fsp3) is 0.273. The Bertz CT molecular complexity index is 430. The maximum atomic E-state index is 11.8. The molecule has 1 aromatic rings. The first-order valence-electron chi connectivity index (χ1n) is 4.93. The Kier molecular flexibility index (Phi) is 4.96. The number of rotatable bonds is 4. The van der Waals surface area contributed by atoms with Crippen LogP contribution in [0.5, 0.6) is 0 Å². The highest BCUT2D eigenvalue weighted by molar-refractivity contribution is 9.10. The summed E-state index contributed by atoms with van der Waals surface area (Å²) in [6, 6.07) is 3.82. The SMILES string of the molecule is CC[C@@H](NC(=O)c1cc(Cl)cc(Br)c1)C(=O)O. The van der Waals surface area contributed by atoms with Crippen LogP contribution in [0.25, 0.3) is 0 Å². The van der Waals surface area contributed by atoms with Gasteiger partial charge in [-0.15, -0.1) is 0 Å². The van der Waals surface area contributed by atoms with Gasteiger partial charge in [0.25, 0.3) is 5.91 Å². The van der Waals surface area contributed by atoms with Gasteiger partial charge < -0.3 is 10.4 Å². The summed E-state index contributed by atoms with van der Waals surface area (Å²) in [4.78, 5) is 22.6. The van der Waals surface area contributed by atoms with Crippen molar-refractivity contribution < 1.29 is 14.7 Å². The maximum Gasteiger partial charge on any atom is 0.326 e. The molecule has 0 saturated heterocycles. The lowest BCUT2D eigenvalue weighted by molar-refractivity contribution is -0.139. The number of carbonyl (C=O) groups excluding carboxylic acids is 1. The first kappa shape index (κ1) is 14.0. The van der Waals surface area contributed by atoms with Gasteiger partial charge in [0, 0.05) is 15.1 Å². The molecule has 1 amide bonds. The second-order valence-electron chi connectivity index (χ2n) is 3.43. The smallest absolute Gasteiger partial charge is 0.326 e. The van der Waals surface area contributed by atoms with Crippen LogP contribution >= 0.6 is 27.5 Å². The molecule has 0 spiro atoms. The summed E-state index contributed by atoms with van der Waals surface area (Å²) in [6.07, 6.45) is 0.322. The summed E-state index contributed by atoms with van der Waals surface area (Å²) in [5.74, 6) is -1.51. The van der Waals surface area contributed by atoms with Crippen molar-refractivity contribution in [2.24, 2.45) is 0 Å². The van der Waals surface area contributed by atoms with Crippen molar-refractivity contribution in [2.75, 3.05) is 0 Å². The Hall–Kier alpha value is -1.07. The van der Waals surface area contributed by atoms with E-state index in [4.69, 9.17) is 16.7 Å². The van der Waals surface area contributed by atoms with Crippen LogP contribution in [-0.4, -0.2) is 23.0 Å². The molecule has 0 unspecified atom stereocenters. The largest absolute Gasteiger partial charge is 0.480 e. The van der Waals surface area contributed by atoms with Crippen LogP contribution < -0.4 is 5.32 Å². The van der Waals surface area contributed by atoms with Gasteiger partial charge in [-0.1, -0.05) is 34.5 Å². The van der Waals surface area contributed by atoms with Crippen LogP contribution in [0.3, 0.4) is 0 Å². The standard InChI is InChI=1S/C11H11BrClNO3/c1-2-9(11(16)17)14-10(15)6-3-7(12)5-8(13)4-6/h3-5,9H,2H2,1H3,(H,14,15)(H,16,17)/t9-/m1/s1. The van der Waals surface area contributed by atoms with Crippen molar-refractivity contribution >= 4 is 39.4 Å². The molecule has 0 radical (unpaired) electrons. The third-order valence-corrected chi connectivity index (χ3v) is 2.81. The van der Waals surface area contributed by atoms with Crippen molar-refractivity contribution in [1.29, 1.82) is 0 Å². The molecular formula is C11H11BrClNO3. The molecule has 0 heterocycles. The average Bonchev–Trinajstić information content (AvgIpc) is 2.23. The fourth-order valence-electron chi connectivity index (χ4n) is 1.26. The number of hydrogen-bond donors (Lipinski definition) is 2. The Morgan fingerprint density at radius 3 is 2.59 bits per heavy atom. The number of carboxylic acid groups (broad SMARTS) is 1. The highest BCUT2D eigenvalue weighted by atomic mass is 79.9. The van der Waals surface area contributed by atoms with Crippen molar-refractivity contribution in [3.63, 3.8) is 0 Å². The third kappa shape index (κ3) is 4.02. The number of benzene rings is 1. The average molecular weight is 321 g/mol. The summed E-state index contributed by atoms with van der Waals surface area (Å²) in [5, 5.41) is 11.7. The first-order chi connectivity index (χ1) is 7.93. The Morgan fingerprint density at radius 1 is 1.47 bits per heavy atom. The van der Waals surface area contributed by atoms with E-state index in [1.807, 2.05) is 0 Å². The Labute approximate surface area is 112 Å². The van der Waals surface area contributed by atoms with Gasteiger partial charge in [-0.2, -0.15) is 0 Å². The highest BCUT2D eigenvalue weighted by Crippen LogP contribution is 2.19. The molecule has 1 atom stereocenters. The molecule has 1 rings (SSSR count). The third-order valence-electron chi connectivity index (χ3n) is 2.14. The predicted octanol–water partition coefficient (Wildman–Crippen LogP) is 2.70. The van der Waals surface area contributed by atoms with Gasteiger partial charge in [0.1, 0.15) is 6.04 Å². The summed E-state index contributed by atoms with van der Waals surface area (Å²) < 4.78 is 0.665. The topological polar surface area (TPSA) is 66.4 Å². The fourth-order valence-corrected chi connectivity index (χ4v) is 2.13. The molecule has 1 aromatic carbocycles. The first-order valence-corrected chi connectivity index (χ1v) is 6.11. The van der Waals surface area contributed by atoms with Crippen molar-refractivity contribution in [2.45, 2.75) is 19.4 Å². The zero-order valence-electron chi connectivity index (χ0n) is 9.04. The molecule has 0 aromatic heterocycles. The normalized spacial score (nSPS) is 11.9. The lowest BCUT2D eigenvalue weighted by Gasteiger charge is -2.12. The number of nitrogens with one attached hydrogen (secondary N) is 1. The number of amides is 1. The zero-order chi connectivity index (χ0) is 13.0. The van der Waals surface area contributed by atoms with Gasteiger partial charge >= 0.3 is 5.97 Å². The minimum absolute atomic E-state index is 0.322. The van der Waals surface area contributed by atoms with E-state index in [-0.39, 0.29) is 0 Å². The molecular weight excluding hydrogens is 309 g/mol. The number of aliphatic carboxylic acids is 1. The van der Waals surface area contributed by atoms with Crippen LogP contribution in [0, 0.1) is 0 Å². The van der Waals surface area contributed by atoms with Crippen molar-refractivity contribution in [3.05, 3.63) is 33.3 Å². The molecule has 0 aliphatic carbocycles. The van der Waals surface area contributed by atoms with E-state index in [9.17, 15) is 9.59 Å². The molecule has 4 nitrogen and oxygen atoms in total. The van der Waals surface area contributed by atoms with Crippen LogP contribution in [0.4, 0.5) is 0 Å². The van der Waals surface area contributed by atoms with Crippen LogP contribution in [0.1, 0.15) is 23.7 Å². The second kappa shape index (κ2) is 6.02. The van der Waals surface area contributed by atoms with Gasteiger partial charge in [0.2, 0.25) is 0 Å². The van der Waals surface area contributed by atoms with E-state index in [1.165, 1.54) is 6.07 Å². The van der Waals surface area contributed by atoms with Gasteiger partial charge in [0.05, 0.1) is 0 Å². The molecule has 0 aliphatic heterocycles. The van der Waals surface area contributed by atoms with Gasteiger partial charge in [-0.05, 0) is 24.6 Å². The molecule has 2 N–H and O–H groups in total. The molecule has 0 saturated carbocycles. The summed E-state index contributed by atoms with van der Waals surface area (Å²) in [6.45, 7) is 1.69. The Balaban J connectivity index is 2.86. The summed E-state index contributed by atoms with van der Waals surface area (Å²) in [5.41, 5.74) is 0.323. The predicted molar refractivity (Wildman–Crippen MR) is 68.3 cm³/mol. The molecule has 0 bridgehead atoms. The van der Waals surface area contributed by atoms with Crippen LogP contribution in [0.15, 0.2) is 22.7 Å². The van der Waals surface area contributed by atoms with E-state index >= 15 is 0 Å². The maximum absolute atomic E-state index is 11.8. The summed E-state index contributed by atoms with van der Waals surface area (Å²) >= 11 is 9.01. The number of halogens is 2. The monoisotopic (exact) mass is 319 g/mol.